The minimum absolute atomic E-state index is 0.0539. The quantitative estimate of drug-likeness (QED) is 0.666. The molecule has 3 nitrogen and oxygen atoms in total. The lowest BCUT2D eigenvalue weighted by Crippen LogP contribution is -2.31. The van der Waals surface area contributed by atoms with E-state index in [-0.39, 0.29) is 12.1 Å². The van der Waals surface area contributed by atoms with Crippen LogP contribution in [-0.4, -0.2) is 12.1 Å². The van der Waals surface area contributed by atoms with Crippen molar-refractivity contribution in [3.05, 3.63) is 29.8 Å². The SMILES string of the molecule is CC(C)CC1CCCCC1OC(=O)c1ccccc1N. The van der Waals surface area contributed by atoms with Gasteiger partial charge in [-0.1, -0.05) is 32.4 Å². The first-order valence-electron chi connectivity index (χ1n) is 7.63. The van der Waals surface area contributed by atoms with Gasteiger partial charge in [-0.15, -0.1) is 0 Å². The average molecular weight is 275 g/mol. The predicted molar refractivity (Wildman–Crippen MR) is 81.5 cm³/mol. The third-order valence-corrected chi connectivity index (χ3v) is 4.05. The van der Waals surface area contributed by atoms with Crippen LogP contribution in [0.5, 0.6) is 0 Å². The highest BCUT2D eigenvalue weighted by Gasteiger charge is 2.29. The Balaban J connectivity index is 2.03. The van der Waals surface area contributed by atoms with Crippen molar-refractivity contribution in [2.45, 2.75) is 52.1 Å². The number of hydrogen-bond acceptors (Lipinski definition) is 3. The zero-order valence-corrected chi connectivity index (χ0v) is 12.5. The number of carbonyl (C=O) groups is 1. The fraction of sp³-hybridized carbons (Fsp3) is 0.588. The molecule has 2 atom stereocenters. The zero-order chi connectivity index (χ0) is 14.5. The van der Waals surface area contributed by atoms with Gasteiger partial charge >= 0.3 is 5.97 Å². The van der Waals surface area contributed by atoms with E-state index >= 15 is 0 Å². The van der Waals surface area contributed by atoms with Crippen molar-refractivity contribution >= 4 is 11.7 Å². The molecule has 0 saturated heterocycles. The molecule has 0 amide bonds. The largest absolute Gasteiger partial charge is 0.458 e. The predicted octanol–water partition coefficient (Wildman–Crippen LogP) is 4.03. The molecule has 110 valence electrons. The number of hydrogen-bond donors (Lipinski definition) is 1. The van der Waals surface area contributed by atoms with Crippen LogP contribution in [0.25, 0.3) is 0 Å². The number of nitrogens with two attached hydrogens (primary N) is 1. The van der Waals surface area contributed by atoms with Crippen LogP contribution in [0.1, 0.15) is 56.3 Å². The van der Waals surface area contributed by atoms with Crippen molar-refractivity contribution in [1.82, 2.24) is 0 Å². The highest BCUT2D eigenvalue weighted by atomic mass is 16.5. The number of benzene rings is 1. The molecule has 1 aromatic carbocycles. The summed E-state index contributed by atoms with van der Waals surface area (Å²) in [5.41, 5.74) is 6.82. The van der Waals surface area contributed by atoms with Crippen LogP contribution in [0.4, 0.5) is 5.69 Å². The van der Waals surface area contributed by atoms with E-state index < -0.39 is 0 Å². The molecule has 1 saturated carbocycles. The van der Waals surface area contributed by atoms with E-state index in [0.717, 1.165) is 19.3 Å². The Hall–Kier alpha value is -1.51. The molecule has 1 fully saturated rings. The average Bonchev–Trinajstić information content (AvgIpc) is 2.41. The van der Waals surface area contributed by atoms with Gasteiger partial charge < -0.3 is 10.5 Å². The minimum atomic E-state index is -0.274. The van der Waals surface area contributed by atoms with E-state index in [2.05, 4.69) is 13.8 Å². The van der Waals surface area contributed by atoms with E-state index in [4.69, 9.17) is 10.5 Å². The van der Waals surface area contributed by atoms with Gasteiger partial charge in [0.25, 0.3) is 0 Å². The number of anilines is 1. The van der Waals surface area contributed by atoms with Gasteiger partial charge in [-0.05, 0) is 49.7 Å². The van der Waals surface area contributed by atoms with Crippen LogP contribution < -0.4 is 5.73 Å². The summed E-state index contributed by atoms with van der Waals surface area (Å²) < 4.78 is 5.75. The Bertz CT molecular complexity index is 456. The highest BCUT2D eigenvalue weighted by molar-refractivity contribution is 5.95. The van der Waals surface area contributed by atoms with E-state index in [1.54, 1.807) is 12.1 Å². The highest BCUT2D eigenvalue weighted by Crippen LogP contribution is 2.32. The molecule has 0 aromatic heterocycles. The topological polar surface area (TPSA) is 52.3 Å². The molecule has 2 unspecified atom stereocenters. The maximum atomic E-state index is 12.3. The lowest BCUT2D eigenvalue weighted by Gasteiger charge is -2.32. The van der Waals surface area contributed by atoms with Gasteiger partial charge in [0.1, 0.15) is 6.10 Å². The first kappa shape index (κ1) is 14.9. The van der Waals surface area contributed by atoms with Crippen molar-refractivity contribution in [2.24, 2.45) is 11.8 Å². The molecular formula is C17H25NO2. The third kappa shape index (κ3) is 3.75. The van der Waals surface area contributed by atoms with Crippen molar-refractivity contribution in [1.29, 1.82) is 0 Å². The van der Waals surface area contributed by atoms with Crippen molar-refractivity contribution in [2.75, 3.05) is 5.73 Å². The van der Waals surface area contributed by atoms with Crippen LogP contribution >= 0.6 is 0 Å². The Kier molecular flexibility index (Phi) is 5.05. The standard InChI is InChI=1S/C17H25NO2/c1-12(2)11-13-7-3-6-10-16(13)20-17(19)14-8-4-5-9-15(14)18/h4-5,8-9,12-13,16H,3,6-7,10-11,18H2,1-2H3. The van der Waals surface area contributed by atoms with Crippen molar-refractivity contribution < 1.29 is 9.53 Å². The monoisotopic (exact) mass is 275 g/mol. The van der Waals surface area contributed by atoms with Gasteiger partial charge in [-0.3, -0.25) is 0 Å². The smallest absolute Gasteiger partial charge is 0.340 e. The third-order valence-electron chi connectivity index (χ3n) is 4.05. The summed E-state index contributed by atoms with van der Waals surface area (Å²) in [6.45, 7) is 4.45. The second-order valence-corrected chi connectivity index (χ2v) is 6.21. The van der Waals surface area contributed by atoms with Crippen LogP contribution in [0.15, 0.2) is 24.3 Å². The van der Waals surface area contributed by atoms with E-state index in [1.165, 1.54) is 12.8 Å². The maximum Gasteiger partial charge on any atom is 0.340 e. The summed E-state index contributed by atoms with van der Waals surface area (Å²) >= 11 is 0. The molecule has 20 heavy (non-hydrogen) atoms. The summed E-state index contributed by atoms with van der Waals surface area (Å²) in [7, 11) is 0. The Morgan fingerprint density at radius 2 is 2.00 bits per heavy atom. The molecule has 1 aliphatic rings. The molecule has 0 bridgehead atoms. The number of para-hydroxylation sites is 1. The Labute approximate surface area is 121 Å². The van der Waals surface area contributed by atoms with Gasteiger partial charge in [0.15, 0.2) is 0 Å². The van der Waals surface area contributed by atoms with E-state index in [9.17, 15) is 4.79 Å². The van der Waals surface area contributed by atoms with Crippen LogP contribution in [0.3, 0.4) is 0 Å². The number of carbonyl (C=O) groups excluding carboxylic acids is 1. The van der Waals surface area contributed by atoms with E-state index in [0.29, 0.717) is 23.1 Å². The molecule has 1 aromatic rings. The van der Waals surface area contributed by atoms with Gasteiger partial charge in [0.05, 0.1) is 5.56 Å². The molecule has 0 heterocycles. The lowest BCUT2D eigenvalue weighted by molar-refractivity contribution is -0.00252. The minimum Gasteiger partial charge on any atom is -0.458 e. The van der Waals surface area contributed by atoms with Gasteiger partial charge in [0, 0.05) is 5.69 Å². The van der Waals surface area contributed by atoms with Crippen molar-refractivity contribution in [3.8, 4) is 0 Å². The second-order valence-electron chi connectivity index (χ2n) is 6.21. The number of rotatable bonds is 4. The van der Waals surface area contributed by atoms with Gasteiger partial charge in [-0.25, -0.2) is 4.79 Å². The maximum absolute atomic E-state index is 12.3. The summed E-state index contributed by atoms with van der Waals surface area (Å²) in [4.78, 5) is 12.3. The zero-order valence-electron chi connectivity index (χ0n) is 12.5. The molecule has 2 N–H and O–H groups in total. The first-order chi connectivity index (χ1) is 9.58. The lowest BCUT2D eigenvalue weighted by atomic mass is 9.81. The molecular weight excluding hydrogens is 250 g/mol. The number of esters is 1. The molecule has 0 radical (unpaired) electrons. The Morgan fingerprint density at radius 1 is 1.30 bits per heavy atom. The molecule has 2 rings (SSSR count). The summed E-state index contributed by atoms with van der Waals surface area (Å²) in [6, 6.07) is 7.12. The number of ether oxygens (including phenoxy) is 1. The molecule has 1 aliphatic carbocycles. The van der Waals surface area contributed by atoms with E-state index in [1.807, 2.05) is 12.1 Å². The summed E-state index contributed by atoms with van der Waals surface area (Å²) in [5, 5.41) is 0. The summed E-state index contributed by atoms with van der Waals surface area (Å²) in [5.74, 6) is 0.863. The Morgan fingerprint density at radius 3 is 2.70 bits per heavy atom. The fourth-order valence-electron chi connectivity index (χ4n) is 3.09. The number of nitrogen functional groups attached to an aromatic ring is 1. The van der Waals surface area contributed by atoms with Crippen LogP contribution in [0.2, 0.25) is 0 Å². The normalized spacial score (nSPS) is 22.8. The first-order valence-corrected chi connectivity index (χ1v) is 7.63. The molecule has 3 heteroatoms. The van der Waals surface area contributed by atoms with Crippen LogP contribution in [0, 0.1) is 11.8 Å². The van der Waals surface area contributed by atoms with Crippen LogP contribution in [-0.2, 0) is 4.74 Å². The van der Waals surface area contributed by atoms with Crippen molar-refractivity contribution in [3.63, 3.8) is 0 Å². The van der Waals surface area contributed by atoms with Gasteiger partial charge in [0.2, 0.25) is 0 Å². The molecule has 0 spiro atoms. The molecule has 0 aliphatic heterocycles. The fourth-order valence-corrected chi connectivity index (χ4v) is 3.09. The summed E-state index contributed by atoms with van der Waals surface area (Å²) in [6.07, 6.45) is 5.73. The van der Waals surface area contributed by atoms with Gasteiger partial charge in [-0.2, -0.15) is 0 Å². The second kappa shape index (κ2) is 6.78.